The van der Waals surface area contributed by atoms with E-state index in [1.54, 1.807) is 6.07 Å². The van der Waals surface area contributed by atoms with E-state index < -0.39 is 5.91 Å². The van der Waals surface area contributed by atoms with E-state index in [4.69, 9.17) is 15.2 Å². The van der Waals surface area contributed by atoms with E-state index in [1.165, 1.54) is 0 Å². The number of nitrogens with zero attached hydrogens (tertiary/aromatic N) is 1. The summed E-state index contributed by atoms with van der Waals surface area (Å²) in [4.78, 5) is 15.6. The van der Waals surface area contributed by atoms with Gasteiger partial charge in [-0.3, -0.25) is 4.79 Å². The normalized spacial score (nSPS) is 12.0. The van der Waals surface area contributed by atoms with Crippen molar-refractivity contribution >= 4 is 35.8 Å². The van der Waals surface area contributed by atoms with Crippen LogP contribution in [0, 0.1) is 5.92 Å². The van der Waals surface area contributed by atoms with Gasteiger partial charge in [0.05, 0.1) is 19.2 Å². The number of nitrogens with two attached hydrogens (primary N) is 1. The molecule has 0 spiro atoms. The summed E-state index contributed by atoms with van der Waals surface area (Å²) in [7, 11) is 0. The minimum atomic E-state index is -0.504. The van der Waals surface area contributed by atoms with Crippen LogP contribution in [0.5, 0.6) is 11.5 Å². The van der Waals surface area contributed by atoms with Crippen LogP contribution in [0.1, 0.15) is 44.9 Å². The van der Waals surface area contributed by atoms with Crippen LogP contribution < -0.4 is 25.8 Å². The van der Waals surface area contributed by atoms with Crippen LogP contribution in [0.3, 0.4) is 0 Å². The molecule has 0 aliphatic carbocycles. The van der Waals surface area contributed by atoms with E-state index >= 15 is 0 Å². The van der Waals surface area contributed by atoms with Gasteiger partial charge in [0.25, 0.3) is 5.91 Å². The molecular weight excluding hydrogens is 519 g/mol. The first kappa shape index (κ1) is 27.5. The molecule has 0 bridgehead atoms. The Kier molecular flexibility index (Phi) is 12.5. The molecule has 0 fully saturated rings. The first-order valence-electron chi connectivity index (χ1n) is 10.6. The average Bonchev–Trinajstić information content (AvgIpc) is 2.75. The van der Waals surface area contributed by atoms with Crippen LogP contribution >= 0.6 is 24.0 Å². The first-order valence-corrected chi connectivity index (χ1v) is 10.6. The smallest absolute Gasteiger partial charge is 0.255 e. The lowest BCUT2D eigenvalue weighted by Gasteiger charge is -2.19. The quantitative estimate of drug-likeness (QED) is 0.222. The van der Waals surface area contributed by atoms with Gasteiger partial charge < -0.3 is 25.8 Å². The van der Waals surface area contributed by atoms with Crippen molar-refractivity contribution in [3.8, 4) is 11.5 Å². The Bertz CT molecular complexity index is 857. The molecule has 0 heterocycles. The lowest BCUT2D eigenvalue weighted by molar-refractivity contribution is -0.119. The van der Waals surface area contributed by atoms with Crippen LogP contribution in [-0.2, 0) is 11.3 Å². The molecule has 0 aliphatic rings. The molecule has 1 unspecified atom stereocenters. The highest BCUT2D eigenvalue weighted by Crippen LogP contribution is 2.18. The monoisotopic (exact) mass is 554 g/mol. The predicted molar refractivity (Wildman–Crippen MR) is 140 cm³/mol. The van der Waals surface area contributed by atoms with E-state index in [0.29, 0.717) is 24.8 Å². The Balaban J connectivity index is 0.00000512. The van der Waals surface area contributed by atoms with Gasteiger partial charge in [-0.05, 0) is 55.2 Å². The summed E-state index contributed by atoms with van der Waals surface area (Å²) in [5.41, 5.74) is 7.24. The van der Waals surface area contributed by atoms with Gasteiger partial charge in [-0.25, -0.2) is 4.99 Å². The number of rotatable bonds is 11. The third-order valence-corrected chi connectivity index (χ3v) is 4.36. The van der Waals surface area contributed by atoms with E-state index in [9.17, 15) is 4.79 Å². The molecule has 176 valence electrons. The van der Waals surface area contributed by atoms with Crippen molar-refractivity contribution in [1.29, 1.82) is 0 Å². The van der Waals surface area contributed by atoms with Gasteiger partial charge in [0.1, 0.15) is 11.5 Å². The summed E-state index contributed by atoms with van der Waals surface area (Å²) >= 11 is 0. The van der Waals surface area contributed by atoms with E-state index in [0.717, 1.165) is 29.4 Å². The number of aliphatic imine (C=N–C) groups is 1. The Hall–Kier alpha value is -2.49. The number of carbonyl (C=O) groups is 1. The van der Waals surface area contributed by atoms with Crippen molar-refractivity contribution < 1.29 is 14.3 Å². The summed E-state index contributed by atoms with van der Waals surface area (Å²) in [5.74, 6) is 2.19. The van der Waals surface area contributed by atoms with E-state index in [2.05, 4.69) is 48.5 Å². The van der Waals surface area contributed by atoms with E-state index in [1.807, 2.05) is 37.3 Å². The topological polar surface area (TPSA) is 98.0 Å². The minimum Gasteiger partial charge on any atom is -0.493 e. The molecule has 32 heavy (non-hydrogen) atoms. The molecule has 4 N–H and O–H groups in total. The number of halogens is 1. The highest BCUT2D eigenvalue weighted by molar-refractivity contribution is 14.0. The zero-order valence-corrected chi connectivity index (χ0v) is 21.6. The number of nitrogens with one attached hydrogen (secondary N) is 2. The van der Waals surface area contributed by atoms with Crippen LogP contribution in [0.15, 0.2) is 53.5 Å². The van der Waals surface area contributed by atoms with E-state index in [-0.39, 0.29) is 36.6 Å². The van der Waals surface area contributed by atoms with Gasteiger partial charge in [-0.2, -0.15) is 0 Å². The van der Waals surface area contributed by atoms with Crippen LogP contribution in [0.4, 0.5) is 0 Å². The van der Waals surface area contributed by atoms with Crippen molar-refractivity contribution in [1.82, 2.24) is 10.6 Å². The number of guanidine groups is 1. The number of hydrogen-bond acceptors (Lipinski definition) is 4. The maximum atomic E-state index is 10.9. The molecule has 0 aliphatic heterocycles. The second-order valence-corrected chi connectivity index (χ2v) is 7.74. The lowest BCUT2D eigenvalue weighted by atomic mass is 10.1. The molecule has 0 saturated heterocycles. The second kappa shape index (κ2) is 14.5. The number of benzene rings is 2. The molecule has 0 aromatic heterocycles. The van der Waals surface area contributed by atoms with Gasteiger partial charge in [0.15, 0.2) is 12.6 Å². The highest BCUT2D eigenvalue weighted by Gasteiger charge is 2.09. The molecule has 2 aromatic carbocycles. The molecule has 2 rings (SSSR count). The number of hydrogen-bond donors (Lipinski definition) is 3. The van der Waals surface area contributed by atoms with Crippen molar-refractivity contribution in [2.24, 2.45) is 16.6 Å². The van der Waals surface area contributed by atoms with Crippen LogP contribution in [0.25, 0.3) is 0 Å². The van der Waals surface area contributed by atoms with Crippen molar-refractivity contribution in [3.63, 3.8) is 0 Å². The second-order valence-electron chi connectivity index (χ2n) is 7.74. The minimum absolute atomic E-state index is 0. The maximum absolute atomic E-state index is 10.9. The van der Waals surface area contributed by atoms with Gasteiger partial charge in [0.2, 0.25) is 0 Å². The number of ether oxygens (including phenoxy) is 2. The Morgan fingerprint density at radius 1 is 1.06 bits per heavy atom. The molecule has 0 saturated carbocycles. The summed E-state index contributed by atoms with van der Waals surface area (Å²) in [6.45, 7) is 10.2. The Morgan fingerprint density at radius 2 is 1.78 bits per heavy atom. The molecular formula is C24H35IN4O3. The number of amides is 1. The van der Waals surface area contributed by atoms with Crippen LogP contribution in [-0.4, -0.2) is 31.6 Å². The summed E-state index contributed by atoms with van der Waals surface area (Å²) in [6.07, 6.45) is 0. The molecule has 8 heteroatoms. The molecule has 1 amide bonds. The molecule has 1 atom stereocenters. The van der Waals surface area contributed by atoms with Gasteiger partial charge in [-0.15, -0.1) is 24.0 Å². The number of primary amides is 1. The summed E-state index contributed by atoms with van der Waals surface area (Å²) < 4.78 is 11.1. The van der Waals surface area contributed by atoms with Gasteiger partial charge in [-0.1, -0.05) is 38.1 Å². The van der Waals surface area contributed by atoms with Crippen molar-refractivity contribution in [3.05, 3.63) is 59.7 Å². The molecule has 0 radical (unpaired) electrons. The SMILES string of the molecule is CCNC(=NCc1cccc(OCC(N)=O)c1)NC(C)c1ccc(OCC(C)C)cc1.I. The zero-order valence-electron chi connectivity index (χ0n) is 19.3. The largest absolute Gasteiger partial charge is 0.493 e. The fourth-order valence-corrected chi connectivity index (χ4v) is 2.78. The molecule has 7 nitrogen and oxygen atoms in total. The van der Waals surface area contributed by atoms with Crippen LogP contribution in [0.2, 0.25) is 0 Å². The van der Waals surface area contributed by atoms with Gasteiger partial charge in [0, 0.05) is 6.54 Å². The highest BCUT2D eigenvalue weighted by atomic mass is 127. The zero-order chi connectivity index (χ0) is 22.6. The average molecular weight is 554 g/mol. The lowest BCUT2D eigenvalue weighted by Crippen LogP contribution is -2.38. The standard InChI is InChI=1S/C24H34N4O3.HI/c1-5-26-24(27-14-19-7-6-8-22(13-19)31-16-23(25)29)28-18(4)20-9-11-21(12-10-20)30-15-17(2)3;/h6-13,17-18H,5,14-16H2,1-4H3,(H2,25,29)(H2,26,27,28);1H. The fraction of sp³-hybridized carbons (Fsp3) is 0.417. The Morgan fingerprint density at radius 3 is 2.41 bits per heavy atom. The summed E-state index contributed by atoms with van der Waals surface area (Å²) in [6, 6.07) is 15.7. The maximum Gasteiger partial charge on any atom is 0.255 e. The first-order chi connectivity index (χ1) is 14.9. The third-order valence-electron chi connectivity index (χ3n) is 4.36. The van der Waals surface area contributed by atoms with Crippen molar-refractivity contribution in [2.45, 2.75) is 40.3 Å². The predicted octanol–water partition coefficient (Wildman–Crippen LogP) is 4.02. The number of carbonyl (C=O) groups excluding carboxylic acids is 1. The van der Waals surface area contributed by atoms with Gasteiger partial charge >= 0.3 is 0 Å². The fourth-order valence-electron chi connectivity index (χ4n) is 2.78. The summed E-state index contributed by atoms with van der Waals surface area (Å²) in [5, 5.41) is 6.71. The third kappa shape index (κ3) is 10.2. The molecule has 2 aromatic rings. The van der Waals surface area contributed by atoms with Crippen molar-refractivity contribution in [2.75, 3.05) is 19.8 Å². The Labute approximate surface area is 208 Å².